The van der Waals surface area contributed by atoms with Crippen LogP contribution in [0.25, 0.3) is 16.7 Å². The maximum absolute atomic E-state index is 13.6. The van der Waals surface area contributed by atoms with Crippen LogP contribution in [-0.4, -0.2) is 29.7 Å². The van der Waals surface area contributed by atoms with Crippen LogP contribution in [0.1, 0.15) is 31.1 Å². The Bertz CT molecular complexity index is 1370. The van der Waals surface area contributed by atoms with Gasteiger partial charge in [0.15, 0.2) is 5.82 Å². The van der Waals surface area contributed by atoms with Crippen molar-refractivity contribution in [1.29, 1.82) is 0 Å². The number of benzene rings is 1. The number of rotatable bonds is 5. The van der Waals surface area contributed by atoms with Crippen molar-refractivity contribution in [2.45, 2.75) is 25.3 Å². The first kappa shape index (κ1) is 20.5. The number of nitrogens with two attached hydrogens (primary N) is 2. The third-order valence-electron chi connectivity index (χ3n) is 5.69. The molecule has 6 N–H and O–H groups in total. The molecule has 0 saturated heterocycles. The first-order valence-electron chi connectivity index (χ1n) is 10.00. The van der Waals surface area contributed by atoms with Gasteiger partial charge in [-0.2, -0.15) is 15.1 Å². The van der Waals surface area contributed by atoms with Gasteiger partial charge < -0.3 is 16.8 Å². The molecular formula is C20H19Cl2N9O. The highest BCUT2D eigenvalue weighted by atomic mass is 35.5. The van der Waals surface area contributed by atoms with Crippen molar-refractivity contribution in [2.24, 2.45) is 5.92 Å². The van der Waals surface area contributed by atoms with Gasteiger partial charge in [0, 0.05) is 6.07 Å². The Balaban J connectivity index is 1.75. The average Bonchev–Trinajstić information content (AvgIpc) is 3.23. The van der Waals surface area contributed by atoms with Crippen LogP contribution in [0.4, 0.5) is 17.6 Å². The van der Waals surface area contributed by atoms with Gasteiger partial charge in [0.05, 0.1) is 28.2 Å². The summed E-state index contributed by atoms with van der Waals surface area (Å²) >= 11 is 12.7. The van der Waals surface area contributed by atoms with Crippen molar-refractivity contribution in [1.82, 2.24) is 29.7 Å². The summed E-state index contributed by atoms with van der Waals surface area (Å²) in [6, 6.07) is 6.47. The van der Waals surface area contributed by atoms with Crippen LogP contribution in [0.15, 0.2) is 35.3 Å². The van der Waals surface area contributed by atoms with Gasteiger partial charge in [0.2, 0.25) is 5.95 Å². The number of nitrogen functional groups attached to an aromatic ring is 2. The third-order valence-corrected chi connectivity index (χ3v) is 6.37. The Morgan fingerprint density at radius 3 is 2.66 bits per heavy atom. The number of anilines is 3. The molecule has 32 heavy (non-hydrogen) atoms. The Hall–Kier alpha value is -3.37. The van der Waals surface area contributed by atoms with Crippen LogP contribution < -0.4 is 22.3 Å². The minimum absolute atomic E-state index is 0.00836. The Morgan fingerprint density at radius 2 is 1.97 bits per heavy atom. The van der Waals surface area contributed by atoms with E-state index in [0.717, 1.165) is 19.3 Å². The van der Waals surface area contributed by atoms with Crippen LogP contribution in [0.5, 0.6) is 0 Å². The third kappa shape index (κ3) is 3.41. The van der Waals surface area contributed by atoms with Crippen molar-refractivity contribution in [3.8, 4) is 5.82 Å². The lowest BCUT2D eigenvalue weighted by molar-refractivity contribution is 0.268. The van der Waals surface area contributed by atoms with Crippen molar-refractivity contribution >= 4 is 51.7 Å². The number of fused-ring (bicyclic) bond motifs is 1. The van der Waals surface area contributed by atoms with Gasteiger partial charge in [-0.25, -0.2) is 9.55 Å². The summed E-state index contributed by atoms with van der Waals surface area (Å²) in [5, 5.41) is 11.0. The highest BCUT2D eigenvalue weighted by Crippen LogP contribution is 2.41. The smallest absolute Gasteiger partial charge is 0.268 e. The van der Waals surface area contributed by atoms with Crippen LogP contribution >= 0.6 is 23.2 Å². The van der Waals surface area contributed by atoms with E-state index >= 15 is 0 Å². The second kappa shape index (κ2) is 7.95. The zero-order valence-electron chi connectivity index (χ0n) is 16.7. The Labute approximate surface area is 192 Å². The molecule has 0 amide bonds. The molecule has 1 aliphatic carbocycles. The number of aromatic amines is 1. The summed E-state index contributed by atoms with van der Waals surface area (Å²) < 4.78 is 1.49. The summed E-state index contributed by atoms with van der Waals surface area (Å²) in [5.74, 6) is 1.47. The summed E-state index contributed by atoms with van der Waals surface area (Å²) in [7, 11) is 0. The maximum Gasteiger partial charge on any atom is 0.268 e. The van der Waals surface area contributed by atoms with E-state index in [1.807, 2.05) is 0 Å². The molecule has 0 spiro atoms. The molecule has 1 saturated carbocycles. The largest absolute Gasteiger partial charge is 0.382 e. The van der Waals surface area contributed by atoms with Crippen LogP contribution in [0, 0.1) is 5.92 Å². The minimum atomic E-state index is -0.408. The number of aromatic nitrogens is 6. The van der Waals surface area contributed by atoms with Crippen molar-refractivity contribution < 1.29 is 0 Å². The molecule has 1 atom stereocenters. The number of nitrogens with zero attached hydrogens (tertiary/aromatic N) is 5. The average molecular weight is 472 g/mol. The lowest BCUT2D eigenvalue weighted by Gasteiger charge is -2.35. The van der Waals surface area contributed by atoms with Gasteiger partial charge in [-0.05, 0) is 30.9 Å². The molecule has 3 heterocycles. The standard InChI is InChI=1S/C20H19Cl2N9O/c21-10-5-2-6-11-13(10)19(32)31(12-7-8-25-30-12)18(26-11)15(9-3-1-4-9)27-17-14(22)16(23)28-20(24)29-17/h2,5-9,15H,1,3-4H2,(H,25,30)(H5,23,24,27,28,29). The Kier molecular flexibility index (Phi) is 5.10. The van der Waals surface area contributed by atoms with E-state index in [0.29, 0.717) is 27.6 Å². The van der Waals surface area contributed by atoms with Crippen LogP contribution in [-0.2, 0) is 0 Å². The van der Waals surface area contributed by atoms with Gasteiger partial charge in [0.1, 0.15) is 22.5 Å². The van der Waals surface area contributed by atoms with E-state index in [1.165, 1.54) is 4.57 Å². The summed E-state index contributed by atoms with van der Waals surface area (Å²) in [5.41, 5.74) is 11.9. The number of hydrogen-bond acceptors (Lipinski definition) is 8. The van der Waals surface area contributed by atoms with E-state index in [1.54, 1.807) is 30.5 Å². The zero-order chi connectivity index (χ0) is 22.4. The second-order valence-electron chi connectivity index (χ2n) is 7.63. The first-order valence-corrected chi connectivity index (χ1v) is 10.8. The molecule has 0 bridgehead atoms. The topological polar surface area (TPSA) is 153 Å². The molecule has 1 aromatic carbocycles. The molecule has 0 radical (unpaired) electrons. The quantitative estimate of drug-likeness (QED) is 0.345. The molecule has 3 aromatic heterocycles. The van der Waals surface area contributed by atoms with Gasteiger partial charge in [-0.1, -0.05) is 35.7 Å². The molecule has 5 rings (SSSR count). The summed E-state index contributed by atoms with van der Waals surface area (Å²) in [4.78, 5) is 26.6. The van der Waals surface area contributed by atoms with E-state index in [4.69, 9.17) is 39.7 Å². The van der Waals surface area contributed by atoms with Crippen LogP contribution in [0.3, 0.4) is 0 Å². The van der Waals surface area contributed by atoms with Gasteiger partial charge in [0.25, 0.3) is 5.56 Å². The van der Waals surface area contributed by atoms with E-state index in [2.05, 4.69) is 25.5 Å². The summed E-state index contributed by atoms with van der Waals surface area (Å²) in [6.45, 7) is 0. The first-order chi connectivity index (χ1) is 15.4. The molecule has 12 heteroatoms. The van der Waals surface area contributed by atoms with E-state index in [-0.39, 0.29) is 34.1 Å². The predicted molar refractivity (Wildman–Crippen MR) is 124 cm³/mol. The molecule has 164 valence electrons. The molecular weight excluding hydrogens is 453 g/mol. The fourth-order valence-electron chi connectivity index (χ4n) is 3.91. The molecule has 10 nitrogen and oxygen atoms in total. The SMILES string of the molecule is Nc1nc(N)c(Cl)c(NC(c2nc3cccc(Cl)c3c(=O)n2-c2ccn[nH]2)C2CCC2)n1. The highest BCUT2D eigenvalue weighted by molar-refractivity contribution is 6.35. The minimum Gasteiger partial charge on any atom is -0.382 e. The van der Waals surface area contributed by atoms with Gasteiger partial charge >= 0.3 is 0 Å². The monoisotopic (exact) mass is 471 g/mol. The molecule has 1 fully saturated rings. The van der Waals surface area contributed by atoms with E-state index in [9.17, 15) is 4.79 Å². The van der Waals surface area contributed by atoms with E-state index < -0.39 is 6.04 Å². The number of nitrogens with one attached hydrogen (secondary N) is 2. The lowest BCUT2D eigenvalue weighted by Crippen LogP contribution is -2.34. The summed E-state index contributed by atoms with van der Waals surface area (Å²) in [6.07, 6.45) is 4.52. The van der Waals surface area contributed by atoms with Crippen molar-refractivity contribution in [3.05, 3.63) is 56.7 Å². The maximum atomic E-state index is 13.6. The lowest BCUT2D eigenvalue weighted by atomic mass is 9.79. The molecule has 0 aliphatic heterocycles. The predicted octanol–water partition coefficient (Wildman–Crippen LogP) is 3.32. The molecule has 1 aliphatic rings. The second-order valence-corrected chi connectivity index (χ2v) is 8.41. The normalized spacial score (nSPS) is 14.9. The molecule has 1 unspecified atom stereocenters. The highest BCUT2D eigenvalue weighted by Gasteiger charge is 2.34. The molecule has 4 aromatic rings. The zero-order valence-corrected chi connectivity index (χ0v) is 18.2. The fraction of sp³-hybridized carbons (Fsp3) is 0.250. The Morgan fingerprint density at radius 1 is 1.16 bits per heavy atom. The fourth-order valence-corrected chi connectivity index (χ4v) is 4.30. The van der Waals surface area contributed by atoms with Gasteiger partial charge in [-0.3, -0.25) is 9.89 Å². The van der Waals surface area contributed by atoms with Crippen molar-refractivity contribution in [2.75, 3.05) is 16.8 Å². The van der Waals surface area contributed by atoms with Crippen LogP contribution in [0.2, 0.25) is 10.0 Å². The number of H-pyrrole nitrogens is 1. The number of halogens is 2. The van der Waals surface area contributed by atoms with Crippen molar-refractivity contribution in [3.63, 3.8) is 0 Å². The number of hydrogen-bond donors (Lipinski definition) is 4. The van der Waals surface area contributed by atoms with Gasteiger partial charge in [-0.15, -0.1) is 0 Å².